The molecule has 27 heavy (non-hydrogen) atoms. The van der Waals surface area contributed by atoms with Crippen LogP contribution in [0, 0.1) is 6.92 Å². The Bertz CT molecular complexity index is 865. The molecule has 3 rings (SSSR count). The SMILES string of the molecule is COc1cc(C(=S)N2CCOCC2)cc(Cl)c1OC(=O)c1cccc(C)c1. The molecule has 1 aliphatic rings. The molecule has 0 unspecified atom stereocenters. The molecule has 2 aromatic carbocycles. The van der Waals surface area contributed by atoms with E-state index in [1.807, 2.05) is 13.0 Å². The first kappa shape index (κ1) is 19.6. The number of carbonyl (C=O) groups is 1. The summed E-state index contributed by atoms with van der Waals surface area (Å²) >= 11 is 12.0. The zero-order chi connectivity index (χ0) is 19.4. The molecule has 0 radical (unpaired) electrons. The molecule has 0 N–H and O–H groups in total. The lowest BCUT2D eigenvalue weighted by molar-refractivity contribution is 0.0692. The van der Waals surface area contributed by atoms with Crippen LogP contribution >= 0.6 is 23.8 Å². The van der Waals surface area contributed by atoms with Gasteiger partial charge in [-0.15, -0.1) is 0 Å². The summed E-state index contributed by atoms with van der Waals surface area (Å²) in [5, 5.41) is 0.265. The Balaban J connectivity index is 1.86. The summed E-state index contributed by atoms with van der Waals surface area (Å²) in [6.07, 6.45) is 0. The predicted octanol–water partition coefficient (Wildman–Crippen LogP) is 3.88. The second kappa shape index (κ2) is 8.69. The zero-order valence-corrected chi connectivity index (χ0v) is 16.7. The number of halogens is 1. The van der Waals surface area contributed by atoms with Gasteiger partial charge in [-0.05, 0) is 31.2 Å². The van der Waals surface area contributed by atoms with Crippen LogP contribution in [0.1, 0.15) is 21.5 Å². The molecule has 142 valence electrons. The van der Waals surface area contributed by atoms with Crippen LogP contribution in [0.2, 0.25) is 5.02 Å². The molecule has 1 fully saturated rings. The lowest BCUT2D eigenvalue weighted by Gasteiger charge is -2.29. The van der Waals surface area contributed by atoms with Crippen LogP contribution in [-0.4, -0.2) is 49.3 Å². The summed E-state index contributed by atoms with van der Waals surface area (Å²) in [7, 11) is 1.50. The van der Waals surface area contributed by atoms with Gasteiger partial charge in [0.1, 0.15) is 4.99 Å². The Morgan fingerprint density at radius 2 is 1.93 bits per heavy atom. The largest absolute Gasteiger partial charge is 0.493 e. The standard InChI is InChI=1S/C20H20ClNO4S/c1-13-4-3-5-14(10-13)20(23)26-18-16(21)11-15(12-17(18)24-2)19(27)22-6-8-25-9-7-22/h3-5,10-12H,6-9H2,1-2H3. The second-order valence-electron chi connectivity index (χ2n) is 6.15. The van der Waals surface area contributed by atoms with Crippen molar-refractivity contribution >= 4 is 34.8 Å². The molecule has 1 saturated heterocycles. The number of methoxy groups -OCH3 is 1. The fourth-order valence-electron chi connectivity index (χ4n) is 2.82. The molecule has 0 saturated carbocycles. The van der Waals surface area contributed by atoms with Gasteiger partial charge in [-0.3, -0.25) is 0 Å². The molecule has 0 atom stereocenters. The van der Waals surface area contributed by atoms with Crippen LogP contribution in [0.15, 0.2) is 36.4 Å². The molecule has 0 amide bonds. The van der Waals surface area contributed by atoms with Crippen molar-refractivity contribution in [2.24, 2.45) is 0 Å². The van der Waals surface area contributed by atoms with Crippen molar-refractivity contribution in [1.82, 2.24) is 4.90 Å². The molecule has 5 nitrogen and oxygen atoms in total. The maximum absolute atomic E-state index is 12.5. The Kier molecular flexibility index (Phi) is 6.31. The van der Waals surface area contributed by atoms with Crippen LogP contribution in [0.25, 0.3) is 0 Å². The average molecular weight is 406 g/mol. The fourth-order valence-corrected chi connectivity index (χ4v) is 3.36. The van der Waals surface area contributed by atoms with Crippen LogP contribution in [0.4, 0.5) is 0 Å². The number of esters is 1. The van der Waals surface area contributed by atoms with E-state index in [1.54, 1.807) is 30.3 Å². The topological polar surface area (TPSA) is 48.0 Å². The second-order valence-corrected chi connectivity index (χ2v) is 6.95. The molecule has 0 bridgehead atoms. The van der Waals surface area contributed by atoms with Gasteiger partial charge in [0.25, 0.3) is 0 Å². The Morgan fingerprint density at radius 3 is 2.59 bits per heavy atom. The van der Waals surface area contributed by atoms with E-state index in [0.29, 0.717) is 29.5 Å². The van der Waals surface area contributed by atoms with E-state index >= 15 is 0 Å². The highest BCUT2D eigenvalue weighted by molar-refractivity contribution is 7.80. The number of morpholine rings is 1. The first-order valence-corrected chi connectivity index (χ1v) is 9.31. The first-order chi connectivity index (χ1) is 13.0. The molecule has 7 heteroatoms. The van der Waals surface area contributed by atoms with E-state index in [-0.39, 0.29) is 10.8 Å². The molecule has 0 aliphatic carbocycles. The number of benzene rings is 2. The van der Waals surface area contributed by atoms with Crippen molar-refractivity contribution in [2.45, 2.75) is 6.92 Å². The molecule has 0 aromatic heterocycles. The molecular formula is C20H20ClNO4S. The monoisotopic (exact) mass is 405 g/mol. The van der Waals surface area contributed by atoms with Gasteiger partial charge in [0.15, 0.2) is 11.5 Å². The van der Waals surface area contributed by atoms with Gasteiger partial charge in [0.05, 0.1) is 30.9 Å². The molecule has 0 spiro atoms. The number of hydrogen-bond acceptors (Lipinski definition) is 5. The first-order valence-electron chi connectivity index (χ1n) is 8.53. The highest BCUT2D eigenvalue weighted by atomic mass is 35.5. The summed E-state index contributed by atoms with van der Waals surface area (Å²) < 4.78 is 16.3. The summed E-state index contributed by atoms with van der Waals surface area (Å²) in [5.41, 5.74) is 2.15. The van der Waals surface area contributed by atoms with Crippen LogP contribution in [-0.2, 0) is 4.74 Å². The van der Waals surface area contributed by atoms with E-state index in [9.17, 15) is 4.79 Å². The smallest absolute Gasteiger partial charge is 0.343 e. The third-order valence-electron chi connectivity index (χ3n) is 4.22. The van der Waals surface area contributed by atoms with Crippen molar-refractivity contribution in [2.75, 3.05) is 33.4 Å². The number of ether oxygens (including phenoxy) is 3. The Hall–Kier alpha value is -2.15. The molecule has 1 heterocycles. The van der Waals surface area contributed by atoms with Crippen molar-refractivity contribution < 1.29 is 19.0 Å². The van der Waals surface area contributed by atoms with Gasteiger partial charge in [-0.1, -0.05) is 41.5 Å². The highest BCUT2D eigenvalue weighted by Crippen LogP contribution is 2.37. The van der Waals surface area contributed by atoms with Crippen LogP contribution < -0.4 is 9.47 Å². The summed E-state index contributed by atoms with van der Waals surface area (Å²) in [5.74, 6) is 0.0377. The van der Waals surface area contributed by atoms with Crippen molar-refractivity contribution in [3.8, 4) is 11.5 Å². The van der Waals surface area contributed by atoms with Gasteiger partial charge in [-0.2, -0.15) is 0 Å². The molecule has 1 aliphatic heterocycles. The molecular weight excluding hydrogens is 386 g/mol. The number of nitrogens with zero attached hydrogens (tertiary/aromatic N) is 1. The number of rotatable bonds is 4. The fraction of sp³-hybridized carbons (Fsp3) is 0.300. The highest BCUT2D eigenvalue weighted by Gasteiger charge is 2.21. The predicted molar refractivity (Wildman–Crippen MR) is 108 cm³/mol. The number of hydrogen-bond donors (Lipinski definition) is 0. The van der Waals surface area contributed by atoms with Crippen molar-refractivity contribution in [3.05, 3.63) is 58.1 Å². The van der Waals surface area contributed by atoms with Gasteiger partial charge in [-0.25, -0.2) is 4.79 Å². The lowest BCUT2D eigenvalue weighted by atomic mass is 10.1. The third-order valence-corrected chi connectivity index (χ3v) is 5.00. The summed E-state index contributed by atoms with van der Waals surface area (Å²) in [4.78, 5) is 15.2. The maximum Gasteiger partial charge on any atom is 0.343 e. The van der Waals surface area contributed by atoms with Gasteiger partial charge in [0.2, 0.25) is 0 Å². The van der Waals surface area contributed by atoms with Gasteiger partial charge < -0.3 is 19.1 Å². The van der Waals surface area contributed by atoms with E-state index in [2.05, 4.69) is 4.90 Å². The molecule has 2 aromatic rings. The Labute approximate surface area is 168 Å². The normalized spacial score (nSPS) is 14.0. The quantitative estimate of drug-likeness (QED) is 0.437. The van der Waals surface area contributed by atoms with E-state index < -0.39 is 5.97 Å². The van der Waals surface area contributed by atoms with Crippen LogP contribution in [0.3, 0.4) is 0 Å². The van der Waals surface area contributed by atoms with E-state index in [1.165, 1.54) is 7.11 Å². The van der Waals surface area contributed by atoms with Crippen molar-refractivity contribution in [3.63, 3.8) is 0 Å². The summed E-state index contributed by atoms with van der Waals surface area (Å²) in [6.45, 7) is 4.63. The maximum atomic E-state index is 12.5. The van der Waals surface area contributed by atoms with Crippen molar-refractivity contribution in [1.29, 1.82) is 0 Å². The van der Waals surface area contributed by atoms with E-state index in [4.69, 9.17) is 38.0 Å². The minimum Gasteiger partial charge on any atom is -0.493 e. The van der Waals surface area contributed by atoms with Gasteiger partial charge in [0, 0.05) is 18.7 Å². The summed E-state index contributed by atoms with van der Waals surface area (Å²) in [6, 6.07) is 10.6. The lowest BCUT2D eigenvalue weighted by Crippen LogP contribution is -2.40. The zero-order valence-electron chi connectivity index (χ0n) is 15.2. The number of aryl methyl sites for hydroxylation is 1. The van der Waals surface area contributed by atoms with Gasteiger partial charge >= 0.3 is 5.97 Å². The number of carbonyl (C=O) groups excluding carboxylic acids is 1. The third kappa shape index (κ3) is 4.58. The minimum absolute atomic E-state index is 0.180. The van der Waals surface area contributed by atoms with E-state index in [0.717, 1.165) is 24.2 Å². The number of thiocarbonyl (C=S) groups is 1. The van der Waals surface area contributed by atoms with Crippen LogP contribution in [0.5, 0.6) is 11.5 Å². The Morgan fingerprint density at radius 1 is 1.19 bits per heavy atom. The average Bonchev–Trinajstić information content (AvgIpc) is 2.69. The minimum atomic E-state index is -0.498.